The molecule has 1 aromatic carbocycles. The molecule has 1 heterocycles. The predicted octanol–water partition coefficient (Wildman–Crippen LogP) is 3.01. The second-order valence-electron chi connectivity index (χ2n) is 9.12. The summed E-state index contributed by atoms with van der Waals surface area (Å²) >= 11 is 5.61. The molecule has 2 rings (SSSR count). The summed E-state index contributed by atoms with van der Waals surface area (Å²) in [5.41, 5.74) is -0.437. The van der Waals surface area contributed by atoms with E-state index in [2.05, 4.69) is 15.9 Å². The van der Waals surface area contributed by atoms with Gasteiger partial charge in [-0.2, -0.15) is 5.01 Å². The summed E-state index contributed by atoms with van der Waals surface area (Å²) < 4.78 is 0. The Morgan fingerprint density at radius 2 is 1.77 bits per heavy atom. The molecular formula is C21H31ClN5O4. The molecule has 1 radical (unpaired) electrons. The van der Waals surface area contributed by atoms with E-state index >= 15 is 0 Å². The Hall–Kier alpha value is -2.23. The van der Waals surface area contributed by atoms with Gasteiger partial charge < -0.3 is 10.6 Å². The van der Waals surface area contributed by atoms with Gasteiger partial charge in [0, 0.05) is 29.4 Å². The number of carbonyl (C=O) groups excluding carboxylic acids is 2. The van der Waals surface area contributed by atoms with Gasteiger partial charge in [0.1, 0.15) is 6.04 Å². The molecule has 3 amide bonds. The van der Waals surface area contributed by atoms with Gasteiger partial charge in [-0.3, -0.25) is 4.79 Å². The van der Waals surface area contributed by atoms with E-state index in [-0.39, 0.29) is 30.8 Å². The van der Waals surface area contributed by atoms with Crippen LogP contribution in [-0.4, -0.2) is 57.6 Å². The molecule has 2 N–H and O–H groups in total. The molecule has 1 atom stereocenters. The normalized spacial score (nSPS) is 19.3. The molecule has 1 aliphatic heterocycles. The maximum Gasteiger partial charge on any atom is 0.341 e. The lowest BCUT2D eigenvalue weighted by Crippen LogP contribution is -2.63. The van der Waals surface area contributed by atoms with E-state index in [1.165, 1.54) is 0 Å². The fourth-order valence-corrected chi connectivity index (χ4v) is 4.37. The van der Waals surface area contributed by atoms with Crippen LogP contribution in [0.15, 0.2) is 35.6 Å². The van der Waals surface area contributed by atoms with Crippen molar-refractivity contribution in [3.8, 4) is 0 Å². The minimum atomic E-state index is -0.925. The van der Waals surface area contributed by atoms with Gasteiger partial charge in [-0.25, -0.2) is 4.79 Å². The van der Waals surface area contributed by atoms with Crippen molar-refractivity contribution in [2.75, 3.05) is 12.4 Å². The van der Waals surface area contributed by atoms with Crippen molar-refractivity contribution >= 4 is 23.5 Å². The number of nitrogens with one attached hydrogen (secondary N) is 2. The first-order valence-electron chi connectivity index (χ1n) is 10.3. The Kier molecular flexibility index (Phi) is 8.39. The summed E-state index contributed by atoms with van der Waals surface area (Å²) in [7, 11) is 0. The average Bonchev–Trinajstić information content (AvgIpc) is 2.69. The number of halogens is 1. The number of benzene rings is 1. The number of hydrogen-bond donors (Lipinski definition) is 2. The Bertz CT molecular complexity index is 756. The van der Waals surface area contributed by atoms with E-state index in [1.807, 2.05) is 58.0 Å². The van der Waals surface area contributed by atoms with Gasteiger partial charge >= 0.3 is 6.03 Å². The molecule has 0 aromatic heterocycles. The van der Waals surface area contributed by atoms with Crippen molar-refractivity contribution in [2.45, 2.75) is 70.1 Å². The first kappa shape index (κ1) is 25.0. The zero-order valence-electron chi connectivity index (χ0n) is 18.4. The number of hydrogen-bond acceptors (Lipinski definition) is 5. The van der Waals surface area contributed by atoms with Crippen LogP contribution in [0, 0.1) is 4.91 Å². The molecule has 0 spiro atoms. The lowest BCUT2D eigenvalue weighted by molar-refractivity contribution is -0.290. The number of nitroso groups, excluding NO2 is 1. The maximum atomic E-state index is 13.2. The van der Waals surface area contributed by atoms with Gasteiger partial charge in [-0.05, 0) is 46.1 Å². The molecule has 1 aliphatic rings. The van der Waals surface area contributed by atoms with Gasteiger partial charge in [0.2, 0.25) is 5.91 Å². The van der Waals surface area contributed by atoms with Crippen LogP contribution in [0.5, 0.6) is 0 Å². The topological polar surface area (TPSA) is 114 Å². The second kappa shape index (κ2) is 10.4. The summed E-state index contributed by atoms with van der Waals surface area (Å²) in [4.78, 5) is 36.6. The van der Waals surface area contributed by atoms with E-state index in [0.29, 0.717) is 17.9 Å². The highest BCUT2D eigenvalue weighted by Crippen LogP contribution is 2.37. The van der Waals surface area contributed by atoms with Crippen LogP contribution in [0.25, 0.3) is 0 Å². The number of rotatable bonds is 8. The number of piperidine rings is 1. The predicted molar refractivity (Wildman–Crippen MR) is 118 cm³/mol. The molecule has 31 heavy (non-hydrogen) atoms. The van der Waals surface area contributed by atoms with Crippen molar-refractivity contribution in [2.24, 2.45) is 5.29 Å². The Balaban J connectivity index is 2.17. The lowest BCUT2D eigenvalue weighted by atomic mass is 9.79. The SMILES string of the molecule is CC1(C)CC(NC(=O)C(Cc2ccccc2)NC(=O)N(CCCl)N=O)CC(C)(C)N1[O]. The van der Waals surface area contributed by atoms with E-state index in [9.17, 15) is 19.7 Å². The van der Waals surface area contributed by atoms with Crippen molar-refractivity contribution < 1.29 is 14.8 Å². The summed E-state index contributed by atoms with van der Waals surface area (Å²) in [6.45, 7) is 7.33. The number of amides is 3. The molecule has 171 valence electrons. The zero-order chi connectivity index (χ0) is 23.2. The largest absolute Gasteiger partial charge is 0.351 e. The number of hydroxylamine groups is 2. The van der Waals surface area contributed by atoms with Crippen molar-refractivity contribution in [3.63, 3.8) is 0 Å². The number of alkyl halides is 1. The molecule has 0 bridgehead atoms. The fourth-order valence-electron chi connectivity index (χ4n) is 4.21. The van der Waals surface area contributed by atoms with Crippen molar-refractivity contribution in [1.82, 2.24) is 20.7 Å². The third-order valence-corrected chi connectivity index (χ3v) is 5.63. The Morgan fingerprint density at radius 3 is 2.29 bits per heavy atom. The summed E-state index contributed by atoms with van der Waals surface area (Å²) in [5.74, 6) is -0.350. The van der Waals surface area contributed by atoms with Gasteiger partial charge in [0.15, 0.2) is 0 Å². The Labute approximate surface area is 188 Å². The molecule has 10 heteroatoms. The molecule has 0 saturated carbocycles. The highest BCUT2D eigenvalue weighted by molar-refractivity contribution is 6.18. The number of carbonyl (C=O) groups is 2. The third-order valence-electron chi connectivity index (χ3n) is 5.46. The van der Waals surface area contributed by atoms with Gasteiger partial charge in [-0.1, -0.05) is 30.3 Å². The lowest BCUT2D eigenvalue weighted by Gasteiger charge is -2.50. The van der Waals surface area contributed by atoms with Crippen LogP contribution in [-0.2, 0) is 16.4 Å². The van der Waals surface area contributed by atoms with E-state index < -0.39 is 23.2 Å². The van der Waals surface area contributed by atoms with Gasteiger partial charge in [0.05, 0.1) is 11.8 Å². The maximum absolute atomic E-state index is 13.2. The number of nitrogens with zero attached hydrogens (tertiary/aromatic N) is 3. The summed E-state index contributed by atoms with van der Waals surface area (Å²) in [6.07, 6.45) is 1.19. The molecule has 1 aromatic rings. The smallest absolute Gasteiger partial charge is 0.341 e. The summed E-state index contributed by atoms with van der Waals surface area (Å²) in [5, 5.41) is 22.6. The molecule has 9 nitrogen and oxygen atoms in total. The van der Waals surface area contributed by atoms with Crippen LogP contribution in [0.4, 0.5) is 4.79 Å². The molecular weight excluding hydrogens is 422 g/mol. The zero-order valence-corrected chi connectivity index (χ0v) is 19.2. The van der Waals surface area contributed by atoms with E-state index in [1.54, 1.807) is 0 Å². The minimum Gasteiger partial charge on any atom is -0.351 e. The minimum absolute atomic E-state index is 0.0344. The highest BCUT2D eigenvalue weighted by atomic mass is 35.5. The standard InChI is InChI=1S/C21H31ClN5O4/c1-20(2)13-16(14-21(3,4)27(20)31)23-18(28)17(12-15-8-6-5-7-9-15)24-19(29)26(25-30)11-10-22/h5-9,16-17H,10-14H2,1-4H3,(H,23,28)(H,24,29). The van der Waals surface area contributed by atoms with Crippen molar-refractivity contribution in [3.05, 3.63) is 40.8 Å². The third kappa shape index (κ3) is 6.62. The highest BCUT2D eigenvalue weighted by Gasteiger charge is 2.46. The van der Waals surface area contributed by atoms with Gasteiger partial charge in [-0.15, -0.1) is 26.8 Å². The Morgan fingerprint density at radius 1 is 1.19 bits per heavy atom. The monoisotopic (exact) mass is 452 g/mol. The van der Waals surface area contributed by atoms with E-state index in [4.69, 9.17) is 11.6 Å². The quantitative estimate of drug-likeness (QED) is 0.358. The van der Waals surface area contributed by atoms with Crippen LogP contribution in [0.1, 0.15) is 46.1 Å². The van der Waals surface area contributed by atoms with Crippen LogP contribution in [0.2, 0.25) is 0 Å². The van der Waals surface area contributed by atoms with Gasteiger partial charge in [0.25, 0.3) is 0 Å². The molecule has 1 fully saturated rings. The second-order valence-corrected chi connectivity index (χ2v) is 9.50. The molecule has 1 saturated heterocycles. The first-order valence-corrected chi connectivity index (χ1v) is 10.8. The number of urea groups is 1. The van der Waals surface area contributed by atoms with Crippen molar-refractivity contribution in [1.29, 1.82) is 0 Å². The average molecular weight is 453 g/mol. The molecule has 1 unspecified atom stereocenters. The summed E-state index contributed by atoms with van der Waals surface area (Å²) in [6, 6.07) is 7.29. The molecule has 0 aliphatic carbocycles. The van der Waals surface area contributed by atoms with Crippen LogP contribution < -0.4 is 10.6 Å². The van der Waals surface area contributed by atoms with Crippen LogP contribution >= 0.6 is 11.6 Å². The fraction of sp³-hybridized carbons (Fsp3) is 0.619. The van der Waals surface area contributed by atoms with E-state index in [0.717, 1.165) is 10.6 Å². The van der Waals surface area contributed by atoms with Crippen LogP contribution in [0.3, 0.4) is 0 Å². The first-order chi connectivity index (χ1) is 14.5.